The third kappa shape index (κ3) is 3.64. The van der Waals surface area contributed by atoms with Gasteiger partial charge in [0.25, 0.3) is 0 Å². The van der Waals surface area contributed by atoms with Crippen LogP contribution in [-0.4, -0.2) is 6.29 Å². The molecule has 3 rings (SSSR count). The van der Waals surface area contributed by atoms with E-state index in [4.69, 9.17) is 4.42 Å². The van der Waals surface area contributed by atoms with Crippen molar-refractivity contribution < 1.29 is 9.21 Å². The number of carbonyl (C=O) groups is 1. The van der Waals surface area contributed by atoms with E-state index < -0.39 is 0 Å². The topological polar surface area (TPSA) is 47.3 Å². The summed E-state index contributed by atoms with van der Waals surface area (Å²) in [6.07, 6.45) is 0.833. The summed E-state index contributed by atoms with van der Waals surface area (Å²) in [6, 6.07) is 19.7. The largest absolute Gasteiger partial charge is 0.423 e. The van der Waals surface area contributed by atoms with E-state index in [-0.39, 0.29) is 5.63 Å². The number of para-hydroxylation sites is 1. The van der Waals surface area contributed by atoms with Crippen LogP contribution in [0.2, 0.25) is 0 Å². The SMILES string of the molecule is O=Cc1ccccc1.O=c1ccc2ccccc2o1. The Hall–Kier alpha value is -2.68. The molecule has 0 aliphatic carbocycles. The highest BCUT2D eigenvalue weighted by molar-refractivity contribution is 5.75. The maximum absolute atomic E-state index is 10.7. The Morgan fingerprint density at radius 3 is 2.16 bits per heavy atom. The van der Waals surface area contributed by atoms with Crippen LogP contribution in [-0.2, 0) is 0 Å². The third-order valence-electron chi connectivity index (χ3n) is 2.46. The van der Waals surface area contributed by atoms with Gasteiger partial charge in [-0.05, 0) is 12.1 Å². The zero-order valence-corrected chi connectivity index (χ0v) is 10.2. The fraction of sp³-hybridized carbons (Fsp3) is 0. The Balaban J connectivity index is 0.000000148. The van der Waals surface area contributed by atoms with Gasteiger partial charge in [-0.2, -0.15) is 0 Å². The first kappa shape index (κ1) is 12.8. The number of rotatable bonds is 1. The standard InChI is InChI=1S/C9H6O2.C7H6O/c10-9-6-5-7-3-1-2-4-8(7)11-9;8-6-7-4-2-1-3-5-7/h1-6H;1-6H. The highest BCUT2D eigenvalue weighted by Crippen LogP contribution is 2.08. The van der Waals surface area contributed by atoms with Gasteiger partial charge in [0.05, 0.1) is 0 Å². The molecule has 3 nitrogen and oxygen atoms in total. The Kier molecular flexibility index (Phi) is 4.24. The van der Waals surface area contributed by atoms with E-state index in [0.717, 1.165) is 17.2 Å². The third-order valence-corrected chi connectivity index (χ3v) is 2.46. The molecule has 0 bridgehead atoms. The van der Waals surface area contributed by atoms with Gasteiger partial charge in [-0.3, -0.25) is 4.79 Å². The first-order valence-corrected chi connectivity index (χ1v) is 5.79. The minimum atomic E-state index is -0.302. The molecule has 94 valence electrons. The summed E-state index contributed by atoms with van der Waals surface area (Å²) in [5, 5.41) is 0.951. The highest BCUT2D eigenvalue weighted by Gasteiger charge is 1.92. The van der Waals surface area contributed by atoms with E-state index in [1.807, 2.05) is 36.4 Å². The fourth-order valence-corrected chi connectivity index (χ4v) is 1.54. The van der Waals surface area contributed by atoms with Crippen LogP contribution in [0.25, 0.3) is 11.0 Å². The van der Waals surface area contributed by atoms with Gasteiger partial charge in [-0.1, -0.05) is 48.5 Å². The summed E-state index contributed by atoms with van der Waals surface area (Å²) in [7, 11) is 0. The van der Waals surface area contributed by atoms with Crippen LogP contribution in [0.15, 0.2) is 75.9 Å². The van der Waals surface area contributed by atoms with E-state index in [2.05, 4.69) is 0 Å². The second-order valence-corrected chi connectivity index (χ2v) is 3.82. The molecule has 0 aliphatic heterocycles. The van der Waals surface area contributed by atoms with E-state index in [9.17, 15) is 9.59 Å². The summed E-state index contributed by atoms with van der Waals surface area (Å²) >= 11 is 0. The van der Waals surface area contributed by atoms with Crippen LogP contribution in [0.5, 0.6) is 0 Å². The molecule has 0 radical (unpaired) electrons. The Morgan fingerprint density at radius 1 is 0.789 bits per heavy atom. The molecule has 0 saturated heterocycles. The van der Waals surface area contributed by atoms with Crippen LogP contribution in [0.3, 0.4) is 0 Å². The summed E-state index contributed by atoms with van der Waals surface area (Å²) in [6.45, 7) is 0. The molecular formula is C16H12O3. The first-order valence-electron chi connectivity index (χ1n) is 5.79. The number of hydrogen-bond donors (Lipinski definition) is 0. The van der Waals surface area contributed by atoms with Crippen molar-refractivity contribution >= 4 is 17.3 Å². The number of benzene rings is 2. The van der Waals surface area contributed by atoms with Gasteiger partial charge in [0.15, 0.2) is 0 Å². The zero-order chi connectivity index (χ0) is 13.5. The molecule has 0 amide bonds. The summed E-state index contributed by atoms with van der Waals surface area (Å²) in [5.74, 6) is 0. The lowest BCUT2D eigenvalue weighted by Crippen LogP contribution is -1.93. The van der Waals surface area contributed by atoms with Crippen molar-refractivity contribution in [1.82, 2.24) is 0 Å². The normalized spacial score (nSPS) is 9.47. The quantitative estimate of drug-likeness (QED) is 0.493. The second kappa shape index (κ2) is 6.31. The molecule has 19 heavy (non-hydrogen) atoms. The van der Waals surface area contributed by atoms with Crippen molar-refractivity contribution in [2.24, 2.45) is 0 Å². The van der Waals surface area contributed by atoms with Crippen molar-refractivity contribution in [3.8, 4) is 0 Å². The summed E-state index contributed by atoms with van der Waals surface area (Å²) < 4.78 is 4.91. The van der Waals surface area contributed by atoms with Gasteiger partial charge in [0.2, 0.25) is 0 Å². The molecule has 1 aromatic heterocycles. The monoisotopic (exact) mass is 252 g/mol. The Morgan fingerprint density at radius 2 is 1.47 bits per heavy atom. The van der Waals surface area contributed by atoms with Gasteiger partial charge >= 0.3 is 5.63 Å². The van der Waals surface area contributed by atoms with Crippen LogP contribution < -0.4 is 5.63 Å². The molecule has 0 unspecified atom stereocenters. The highest BCUT2D eigenvalue weighted by atomic mass is 16.4. The summed E-state index contributed by atoms with van der Waals surface area (Å²) in [5.41, 5.74) is 1.07. The molecule has 2 aromatic carbocycles. The molecule has 1 heterocycles. The molecule has 0 spiro atoms. The zero-order valence-electron chi connectivity index (χ0n) is 10.2. The lowest BCUT2D eigenvalue weighted by molar-refractivity contribution is 0.112. The van der Waals surface area contributed by atoms with Gasteiger partial charge in [-0.25, -0.2) is 4.79 Å². The molecule has 0 saturated carbocycles. The van der Waals surface area contributed by atoms with Gasteiger partial charge < -0.3 is 4.42 Å². The molecular weight excluding hydrogens is 240 g/mol. The van der Waals surface area contributed by atoms with Gasteiger partial charge in [-0.15, -0.1) is 0 Å². The van der Waals surface area contributed by atoms with Crippen LogP contribution in [0.4, 0.5) is 0 Å². The number of hydrogen-bond acceptors (Lipinski definition) is 3. The average Bonchev–Trinajstić information content (AvgIpc) is 2.48. The fourth-order valence-electron chi connectivity index (χ4n) is 1.54. The van der Waals surface area contributed by atoms with Crippen molar-refractivity contribution in [3.05, 3.63) is 82.7 Å². The smallest absolute Gasteiger partial charge is 0.336 e. The van der Waals surface area contributed by atoms with Crippen LogP contribution >= 0.6 is 0 Å². The molecule has 0 aliphatic rings. The average molecular weight is 252 g/mol. The lowest BCUT2D eigenvalue weighted by atomic mass is 10.2. The predicted octanol–water partition coefficient (Wildman–Crippen LogP) is 3.29. The summed E-state index contributed by atoms with van der Waals surface area (Å²) in [4.78, 5) is 20.7. The maximum Gasteiger partial charge on any atom is 0.336 e. The molecule has 0 fully saturated rings. The Bertz CT molecular complexity index is 714. The van der Waals surface area contributed by atoms with Gasteiger partial charge in [0.1, 0.15) is 11.9 Å². The number of carbonyl (C=O) groups excluding carboxylic acids is 1. The van der Waals surface area contributed by atoms with Gasteiger partial charge in [0, 0.05) is 17.0 Å². The molecule has 3 aromatic rings. The van der Waals surface area contributed by atoms with E-state index in [0.29, 0.717) is 5.58 Å². The second-order valence-electron chi connectivity index (χ2n) is 3.82. The Labute approximate surface area is 110 Å². The first-order chi connectivity index (χ1) is 9.29. The van der Waals surface area contributed by atoms with E-state index >= 15 is 0 Å². The van der Waals surface area contributed by atoms with Crippen molar-refractivity contribution in [1.29, 1.82) is 0 Å². The van der Waals surface area contributed by atoms with Crippen LogP contribution in [0, 0.1) is 0 Å². The minimum Gasteiger partial charge on any atom is -0.423 e. The maximum atomic E-state index is 10.7. The lowest BCUT2D eigenvalue weighted by Gasteiger charge is -1.91. The molecule has 0 N–H and O–H groups in total. The minimum absolute atomic E-state index is 0.302. The number of fused-ring (bicyclic) bond motifs is 1. The predicted molar refractivity (Wildman–Crippen MR) is 74.3 cm³/mol. The molecule has 0 atom stereocenters. The van der Waals surface area contributed by atoms with E-state index in [1.165, 1.54) is 6.07 Å². The van der Waals surface area contributed by atoms with Crippen molar-refractivity contribution in [2.45, 2.75) is 0 Å². The van der Waals surface area contributed by atoms with Crippen molar-refractivity contribution in [2.75, 3.05) is 0 Å². The van der Waals surface area contributed by atoms with Crippen molar-refractivity contribution in [3.63, 3.8) is 0 Å². The van der Waals surface area contributed by atoms with E-state index in [1.54, 1.807) is 24.3 Å². The molecule has 3 heteroatoms. The van der Waals surface area contributed by atoms with Crippen LogP contribution in [0.1, 0.15) is 10.4 Å². The number of aldehydes is 1.